The summed E-state index contributed by atoms with van der Waals surface area (Å²) in [5, 5.41) is 1.98. The van der Waals surface area contributed by atoms with Crippen molar-refractivity contribution < 1.29 is 22.4 Å². The molecule has 1 atom stereocenters. The lowest BCUT2D eigenvalue weighted by Crippen LogP contribution is -2.51. The largest absolute Gasteiger partial charge is 0.409 e. The first-order valence-electron chi connectivity index (χ1n) is 7.43. The zero-order chi connectivity index (χ0) is 17.7. The second-order valence-electron chi connectivity index (χ2n) is 6.59. The van der Waals surface area contributed by atoms with Crippen LogP contribution < -0.4 is 5.43 Å². The van der Waals surface area contributed by atoms with Crippen molar-refractivity contribution in [3.63, 3.8) is 0 Å². The van der Waals surface area contributed by atoms with Gasteiger partial charge in [0.05, 0.1) is 0 Å². The number of carbonyl (C=O) groups excluding carboxylic acids is 1. The highest BCUT2D eigenvalue weighted by atomic mass is 19.4. The minimum Gasteiger partial charge on any atom is -0.287 e. The summed E-state index contributed by atoms with van der Waals surface area (Å²) in [6.07, 6.45) is -4.60. The topological polar surface area (TPSA) is 32.3 Å². The molecule has 2 aromatic carbocycles. The van der Waals surface area contributed by atoms with Crippen molar-refractivity contribution >= 4 is 16.7 Å². The van der Waals surface area contributed by atoms with E-state index in [0.717, 1.165) is 5.01 Å². The van der Waals surface area contributed by atoms with Crippen LogP contribution in [0, 0.1) is 5.82 Å². The number of alkyl halides is 3. The Balaban J connectivity index is 2.10. The fraction of sp³-hybridized carbons (Fsp3) is 0.353. The van der Waals surface area contributed by atoms with Gasteiger partial charge in [-0.2, -0.15) is 18.2 Å². The van der Waals surface area contributed by atoms with Crippen LogP contribution in [-0.2, 0) is 4.79 Å². The van der Waals surface area contributed by atoms with Gasteiger partial charge in [0.25, 0.3) is 0 Å². The molecule has 24 heavy (non-hydrogen) atoms. The predicted molar refractivity (Wildman–Crippen MR) is 81.4 cm³/mol. The summed E-state index contributed by atoms with van der Waals surface area (Å²) >= 11 is 0. The molecule has 7 heteroatoms. The van der Waals surface area contributed by atoms with Crippen LogP contribution in [0.4, 0.5) is 17.6 Å². The van der Waals surface area contributed by atoms with Gasteiger partial charge in [-0.25, -0.2) is 4.39 Å². The van der Waals surface area contributed by atoms with E-state index < -0.39 is 29.5 Å². The standard InChI is InChI=1S/C17H16F4N2O/c1-16(2)9-14(24)22-23(16)15(17(19,20)21)12-4-3-11-8-13(18)6-5-10(11)7-12/h3-8,15H,9H2,1-2H3,(H,22,24)/t15-/m0/s1. The number of halogens is 4. The van der Waals surface area contributed by atoms with Crippen molar-refractivity contribution in [3.05, 3.63) is 47.8 Å². The Bertz CT molecular complexity index is 801. The third-order valence-electron chi connectivity index (χ3n) is 4.20. The van der Waals surface area contributed by atoms with E-state index in [1.807, 2.05) is 0 Å². The van der Waals surface area contributed by atoms with Gasteiger partial charge in [-0.05, 0) is 48.4 Å². The van der Waals surface area contributed by atoms with Gasteiger partial charge in [0.1, 0.15) is 5.82 Å². The number of nitrogens with one attached hydrogen (secondary N) is 1. The van der Waals surface area contributed by atoms with Crippen LogP contribution in [-0.4, -0.2) is 22.6 Å². The van der Waals surface area contributed by atoms with E-state index in [0.29, 0.717) is 10.8 Å². The normalized spacial score (nSPS) is 19.5. The molecule has 0 bridgehead atoms. The van der Waals surface area contributed by atoms with E-state index in [-0.39, 0.29) is 12.0 Å². The first-order chi connectivity index (χ1) is 11.1. The third-order valence-corrected chi connectivity index (χ3v) is 4.20. The third kappa shape index (κ3) is 2.96. The number of hydrogen-bond donors (Lipinski definition) is 1. The maximum absolute atomic E-state index is 13.7. The molecule has 0 aromatic heterocycles. The molecule has 0 unspecified atom stereocenters. The van der Waals surface area contributed by atoms with E-state index in [2.05, 4.69) is 5.43 Å². The summed E-state index contributed by atoms with van der Waals surface area (Å²) in [7, 11) is 0. The van der Waals surface area contributed by atoms with Crippen LogP contribution in [0.15, 0.2) is 36.4 Å². The first-order valence-corrected chi connectivity index (χ1v) is 7.43. The molecule has 2 aromatic rings. The summed E-state index contributed by atoms with van der Waals surface area (Å²) in [6.45, 7) is 3.17. The number of hydrazine groups is 1. The Morgan fingerprint density at radius 2 is 1.75 bits per heavy atom. The van der Waals surface area contributed by atoms with Crippen molar-refractivity contribution in [2.24, 2.45) is 0 Å². The van der Waals surface area contributed by atoms with Gasteiger partial charge >= 0.3 is 6.18 Å². The van der Waals surface area contributed by atoms with E-state index in [1.165, 1.54) is 36.4 Å². The molecule has 3 nitrogen and oxygen atoms in total. The van der Waals surface area contributed by atoms with Crippen molar-refractivity contribution in [1.29, 1.82) is 0 Å². The molecule has 1 fully saturated rings. The average Bonchev–Trinajstić information content (AvgIpc) is 2.70. The first kappa shape index (κ1) is 16.7. The quantitative estimate of drug-likeness (QED) is 0.835. The number of amides is 1. The summed E-state index contributed by atoms with van der Waals surface area (Å²) in [4.78, 5) is 11.6. The summed E-state index contributed by atoms with van der Waals surface area (Å²) in [5.74, 6) is -0.896. The van der Waals surface area contributed by atoms with Gasteiger partial charge in [-0.3, -0.25) is 10.2 Å². The molecule has 1 heterocycles. The minimum atomic E-state index is -4.58. The molecular weight excluding hydrogens is 324 g/mol. The zero-order valence-electron chi connectivity index (χ0n) is 13.1. The second kappa shape index (κ2) is 5.44. The molecule has 0 spiro atoms. The van der Waals surface area contributed by atoms with Crippen LogP contribution in [0.3, 0.4) is 0 Å². The predicted octanol–water partition coefficient (Wildman–Crippen LogP) is 4.10. The number of nitrogens with zero attached hydrogens (tertiary/aromatic N) is 1. The van der Waals surface area contributed by atoms with Crippen LogP contribution in [0.25, 0.3) is 10.8 Å². The Morgan fingerprint density at radius 3 is 2.33 bits per heavy atom. The zero-order valence-corrected chi connectivity index (χ0v) is 13.1. The monoisotopic (exact) mass is 340 g/mol. The van der Waals surface area contributed by atoms with Crippen molar-refractivity contribution in [2.45, 2.75) is 38.0 Å². The molecule has 1 amide bonds. The average molecular weight is 340 g/mol. The summed E-state index contributed by atoms with van der Waals surface area (Å²) < 4.78 is 54.5. The molecule has 1 aliphatic rings. The molecule has 1 aliphatic heterocycles. The van der Waals surface area contributed by atoms with E-state index in [4.69, 9.17) is 0 Å². The molecule has 0 radical (unpaired) electrons. The number of fused-ring (bicyclic) bond motifs is 1. The molecule has 0 aliphatic carbocycles. The summed E-state index contributed by atoms with van der Waals surface area (Å²) in [5.41, 5.74) is 1.34. The lowest BCUT2D eigenvalue weighted by molar-refractivity contribution is -0.203. The maximum Gasteiger partial charge on any atom is 0.409 e. The van der Waals surface area contributed by atoms with Gasteiger partial charge in [0, 0.05) is 12.0 Å². The van der Waals surface area contributed by atoms with Crippen molar-refractivity contribution in [2.75, 3.05) is 0 Å². The number of carbonyl (C=O) groups is 1. The second-order valence-corrected chi connectivity index (χ2v) is 6.59. The van der Waals surface area contributed by atoms with Crippen LogP contribution in [0.5, 0.6) is 0 Å². The lowest BCUT2D eigenvalue weighted by Gasteiger charge is -2.38. The van der Waals surface area contributed by atoms with Crippen LogP contribution in [0.1, 0.15) is 31.9 Å². The fourth-order valence-corrected chi connectivity index (χ4v) is 3.11. The maximum atomic E-state index is 13.7. The lowest BCUT2D eigenvalue weighted by atomic mass is 9.95. The van der Waals surface area contributed by atoms with Gasteiger partial charge in [0.15, 0.2) is 6.04 Å². The van der Waals surface area contributed by atoms with Crippen molar-refractivity contribution in [3.8, 4) is 0 Å². The number of hydrogen-bond acceptors (Lipinski definition) is 2. The molecule has 1 saturated heterocycles. The highest BCUT2D eigenvalue weighted by molar-refractivity contribution is 5.83. The molecular formula is C17H16F4N2O. The Hall–Kier alpha value is -2.15. The minimum absolute atomic E-state index is 0.00289. The SMILES string of the molecule is CC1(C)CC(=O)NN1[C@@H](c1ccc2cc(F)ccc2c1)C(F)(F)F. The molecule has 0 saturated carbocycles. The van der Waals surface area contributed by atoms with Crippen molar-refractivity contribution in [1.82, 2.24) is 10.4 Å². The Labute approximate surface area is 136 Å². The smallest absolute Gasteiger partial charge is 0.287 e. The highest BCUT2D eigenvalue weighted by Gasteiger charge is 2.52. The van der Waals surface area contributed by atoms with E-state index >= 15 is 0 Å². The van der Waals surface area contributed by atoms with Gasteiger partial charge in [-0.1, -0.05) is 18.2 Å². The highest BCUT2D eigenvalue weighted by Crippen LogP contribution is 2.43. The van der Waals surface area contributed by atoms with E-state index in [1.54, 1.807) is 13.8 Å². The van der Waals surface area contributed by atoms with Gasteiger partial charge in [0.2, 0.25) is 5.91 Å². The molecule has 1 N–H and O–H groups in total. The summed E-state index contributed by atoms with van der Waals surface area (Å²) in [6, 6.07) is 6.09. The Morgan fingerprint density at radius 1 is 1.12 bits per heavy atom. The number of rotatable bonds is 2. The van der Waals surface area contributed by atoms with E-state index in [9.17, 15) is 22.4 Å². The Kier molecular flexibility index (Phi) is 3.79. The van der Waals surface area contributed by atoms with Gasteiger partial charge < -0.3 is 0 Å². The van der Waals surface area contributed by atoms with Crippen LogP contribution >= 0.6 is 0 Å². The fourth-order valence-electron chi connectivity index (χ4n) is 3.11. The molecule has 128 valence electrons. The van der Waals surface area contributed by atoms with Crippen LogP contribution in [0.2, 0.25) is 0 Å². The number of benzene rings is 2. The molecule has 3 rings (SSSR count). The van der Waals surface area contributed by atoms with Gasteiger partial charge in [-0.15, -0.1) is 0 Å².